The minimum Gasteiger partial charge on any atom is -0.321 e. The summed E-state index contributed by atoms with van der Waals surface area (Å²) in [6.45, 7) is 8.15. The first-order valence-electron chi connectivity index (χ1n) is 8.53. The monoisotopic (exact) mass is 366 g/mol. The number of nitrogens with one attached hydrogen (secondary N) is 2. The number of hydrogen-bond acceptors (Lipinski definition) is 5. The van der Waals surface area contributed by atoms with Crippen LogP contribution < -0.4 is 10.6 Å². The minimum absolute atomic E-state index is 0.152. The fraction of sp³-hybridized carbons (Fsp3) is 0.250. The molecule has 0 bridgehead atoms. The molecule has 0 aliphatic rings. The van der Waals surface area contributed by atoms with Crippen LogP contribution in [0.4, 0.5) is 16.6 Å². The topological polar surface area (TPSA) is 66.9 Å². The van der Waals surface area contributed by atoms with Gasteiger partial charge in [0.1, 0.15) is 10.7 Å². The average Bonchev–Trinajstić information content (AvgIpc) is 3.06. The van der Waals surface area contributed by atoms with E-state index in [1.807, 2.05) is 32.9 Å². The Morgan fingerprint density at radius 1 is 1.12 bits per heavy atom. The van der Waals surface area contributed by atoms with Crippen molar-refractivity contribution in [3.63, 3.8) is 0 Å². The number of carbonyl (C=O) groups excluding carboxylic acids is 1. The number of nitrogens with zero attached hydrogens (tertiary/aromatic N) is 2. The Kier molecular flexibility index (Phi) is 5.32. The molecule has 26 heavy (non-hydrogen) atoms. The molecule has 0 atom stereocenters. The van der Waals surface area contributed by atoms with Gasteiger partial charge in [0, 0.05) is 11.9 Å². The molecule has 2 heterocycles. The standard InChI is InChI=1S/C20H22N4OS/c1-5-15-6-7-21-17(10-15)23-20-22-11-16(26-20)19(25)24-18-13(3)8-12(2)9-14(18)4/h6-11H,5H2,1-4H3,(H,24,25)(H,21,22,23). The lowest BCUT2D eigenvalue weighted by Gasteiger charge is -2.12. The highest BCUT2D eigenvalue weighted by Gasteiger charge is 2.14. The first-order chi connectivity index (χ1) is 12.5. The molecule has 0 spiro atoms. The molecule has 0 saturated carbocycles. The maximum Gasteiger partial charge on any atom is 0.267 e. The Balaban J connectivity index is 1.74. The Morgan fingerprint density at radius 2 is 1.85 bits per heavy atom. The molecule has 0 unspecified atom stereocenters. The number of pyridine rings is 1. The fourth-order valence-corrected chi connectivity index (χ4v) is 3.58. The van der Waals surface area contributed by atoms with Crippen molar-refractivity contribution in [3.05, 3.63) is 63.8 Å². The molecular formula is C20H22N4OS. The largest absolute Gasteiger partial charge is 0.321 e. The van der Waals surface area contributed by atoms with Gasteiger partial charge >= 0.3 is 0 Å². The molecule has 2 aromatic heterocycles. The van der Waals surface area contributed by atoms with E-state index in [2.05, 4.69) is 39.7 Å². The quantitative estimate of drug-likeness (QED) is 0.665. The molecule has 1 amide bonds. The highest BCUT2D eigenvalue weighted by molar-refractivity contribution is 7.17. The fourth-order valence-electron chi connectivity index (χ4n) is 2.86. The van der Waals surface area contributed by atoms with E-state index < -0.39 is 0 Å². The highest BCUT2D eigenvalue weighted by atomic mass is 32.1. The van der Waals surface area contributed by atoms with Gasteiger partial charge in [-0.25, -0.2) is 9.97 Å². The van der Waals surface area contributed by atoms with Crippen LogP contribution in [-0.4, -0.2) is 15.9 Å². The summed E-state index contributed by atoms with van der Waals surface area (Å²) in [6.07, 6.45) is 4.30. The molecule has 6 heteroatoms. The third-order valence-electron chi connectivity index (χ3n) is 4.11. The smallest absolute Gasteiger partial charge is 0.267 e. The van der Waals surface area contributed by atoms with Crippen LogP contribution in [0.2, 0.25) is 0 Å². The van der Waals surface area contributed by atoms with Crippen molar-refractivity contribution in [1.82, 2.24) is 9.97 Å². The summed E-state index contributed by atoms with van der Waals surface area (Å²) >= 11 is 1.31. The molecule has 134 valence electrons. The summed E-state index contributed by atoms with van der Waals surface area (Å²) in [5, 5.41) is 6.82. The van der Waals surface area contributed by atoms with Gasteiger partial charge in [-0.15, -0.1) is 0 Å². The number of rotatable bonds is 5. The zero-order valence-electron chi connectivity index (χ0n) is 15.4. The number of aromatic nitrogens is 2. The molecule has 0 saturated heterocycles. The van der Waals surface area contributed by atoms with E-state index in [0.717, 1.165) is 29.1 Å². The van der Waals surface area contributed by atoms with Crippen molar-refractivity contribution in [2.45, 2.75) is 34.1 Å². The summed E-state index contributed by atoms with van der Waals surface area (Å²) < 4.78 is 0. The predicted molar refractivity (Wildman–Crippen MR) is 108 cm³/mol. The molecule has 0 aliphatic carbocycles. The summed E-state index contributed by atoms with van der Waals surface area (Å²) in [4.78, 5) is 21.7. The van der Waals surface area contributed by atoms with Crippen LogP contribution in [0.15, 0.2) is 36.7 Å². The molecular weight excluding hydrogens is 344 g/mol. The molecule has 0 aliphatic heterocycles. The van der Waals surface area contributed by atoms with Crippen molar-refractivity contribution >= 4 is 33.9 Å². The van der Waals surface area contributed by atoms with Gasteiger partial charge in [0.05, 0.1) is 6.20 Å². The van der Waals surface area contributed by atoms with Gasteiger partial charge in [0.15, 0.2) is 5.13 Å². The van der Waals surface area contributed by atoms with Crippen LogP contribution in [0.5, 0.6) is 0 Å². The van der Waals surface area contributed by atoms with Crippen molar-refractivity contribution in [3.8, 4) is 0 Å². The number of amides is 1. The molecule has 0 radical (unpaired) electrons. The molecule has 3 rings (SSSR count). The van der Waals surface area contributed by atoms with E-state index in [1.165, 1.54) is 22.5 Å². The summed E-state index contributed by atoms with van der Waals surface area (Å²) in [5.74, 6) is 0.580. The third kappa shape index (κ3) is 4.08. The van der Waals surface area contributed by atoms with Gasteiger partial charge in [0.2, 0.25) is 0 Å². The Labute approximate surface area is 157 Å². The van der Waals surface area contributed by atoms with Crippen molar-refractivity contribution in [2.75, 3.05) is 10.6 Å². The second-order valence-electron chi connectivity index (χ2n) is 6.29. The zero-order valence-corrected chi connectivity index (χ0v) is 16.2. The van der Waals surface area contributed by atoms with E-state index in [0.29, 0.717) is 10.0 Å². The van der Waals surface area contributed by atoms with Crippen LogP contribution in [-0.2, 0) is 6.42 Å². The van der Waals surface area contributed by atoms with Crippen LogP contribution >= 0.6 is 11.3 Å². The molecule has 2 N–H and O–H groups in total. The predicted octanol–water partition coefficient (Wildman–Crippen LogP) is 5.02. The normalized spacial score (nSPS) is 10.6. The average molecular weight is 366 g/mol. The maximum atomic E-state index is 12.6. The zero-order chi connectivity index (χ0) is 18.7. The number of hydrogen-bond donors (Lipinski definition) is 2. The molecule has 1 aromatic carbocycles. The van der Waals surface area contributed by atoms with Gasteiger partial charge in [-0.3, -0.25) is 4.79 Å². The molecule has 5 nitrogen and oxygen atoms in total. The lowest BCUT2D eigenvalue weighted by Crippen LogP contribution is -2.12. The Hall–Kier alpha value is -2.73. The SMILES string of the molecule is CCc1ccnc(Nc2ncc(C(=O)Nc3c(C)cc(C)cc3C)s2)c1. The van der Waals surface area contributed by atoms with Gasteiger partial charge in [-0.2, -0.15) is 0 Å². The number of anilines is 3. The number of aryl methyl sites for hydroxylation is 4. The van der Waals surface area contributed by atoms with E-state index in [1.54, 1.807) is 12.4 Å². The Bertz CT molecular complexity index is 925. The van der Waals surface area contributed by atoms with E-state index >= 15 is 0 Å². The summed E-state index contributed by atoms with van der Waals surface area (Å²) in [5.41, 5.74) is 5.35. The Morgan fingerprint density at radius 3 is 2.54 bits per heavy atom. The first-order valence-corrected chi connectivity index (χ1v) is 9.35. The number of thiazole rings is 1. The lowest BCUT2D eigenvalue weighted by molar-refractivity contribution is 0.103. The van der Waals surface area contributed by atoms with Gasteiger partial charge in [-0.1, -0.05) is 36.0 Å². The minimum atomic E-state index is -0.152. The summed E-state index contributed by atoms with van der Waals surface area (Å²) in [7, 11) is 0. The molecule has 0 fully saturated rings. The van der Waals surface area contributed by atoms with Gasteiger partial charge < -0.3 is 10.6 Å². The van der Waals surface area contributed by atoms with E-state index in [-0.39, 0.29) is 5.91 Å². The maximum absolute atomic E-state index is 12.6. The van der Waals surface area contributed by atoms with Crippen LogP contribution in [0.1, 0.15) is 38.8 Å². The van der Waals surface area contributed by atoms with Crippen molar-refractivity contribution in [1.29, 1.82) is 0 Å². The van der Waals surface area contributed by atoms with Gasteiger partial charge in [0.25, 0.3) is 5.91 Å². The first kappa shape index (κ1) is 18.1. The lowest BCUT2D eigenvalue weighted by atomic mass is 10.1. The van der Waals surface area contributed by atoms with Gasteiger partial charge in [-0.05, 0) is 56.0 Å². The van der Waals surface area contributed by atoms with E-state index in [4.69, 9.17) is 0 Å². The van der Waals surface area contributed by atoms with E-state index in [9.17, 15) is 4.79 Å². The second kappa shape index (κ2) is 7.66. The second-order valence-corrected chi connectivity index (χ2v) is 7.32. The van der Waals surface area contributed by atoms with Crippen LogP contribution in [0.3, 0.4) is 0 Å². The number of carbonyl (C=O) groups is 1. The molecule has 3 aromatic rings. The number of benzene rings is 1. The summed E-state index contributed by atoms with van der Waals surface area (Å²) in [6, 6.07) is 8.10. The van der Waals surface area contributed by atoms with Crippen LogP contribution in [0, 0.1) is 20.8 Å². The van der Waals surface area contributed by atoms with Crippen molar-refractivity contribution in [2.24, 2.45) is 0 Å². The third-order valence-corrected chi connectivity index (χ3v) is 5.02. The highest BCUT2D eigenvalue weighted by Crippen LogP contribution is 2.26. The van der Waals surface area contributed by atoms with Crippen LogP contribution in [0.25, 0.3) is 0 Å². The van der Waals surface area contributed by atoms with Crippen molar-refractivity contribution < 1.29 is 4.79 Å².